The molecule has 3 heteroatoms. The summed E-state index contributed by atoms with van der Waals surface area (Å²) >= 11 is 3.36. The Bertz CT molecular complexity index is 453. The molecular formula is C14H13BrO2. The number of hydrogen-bond donors (Lipinski definition) is 1. The number of rotatable bonds is 4. The van der Waals surface area contributed by atoms with E-state index in [1.807, 2.05) is 54.6 Å². The Balaban J connectivity index is 1.93. The first-order valence-corrected chi connectivity index (χ1v) is 6.16. The minimum Gasteiger partial charge on any atom is -0.491 e. The van der Waals surface area contributed by atoms with Gasteiger partial charge in [0.1, 0.15) is 18.5 Å². The van der Waals surface area contributed by atoms with Crippen molar-refractivity contribution in [3.05, 3.63) is 64.6 Å². The van der Waals surface area contributed by atoms with Crippen LogP contribution in [0.3, 0.4) is 0 Å². The Morgan fingerprint density at radius 3 is 2.29 bits per heavy atom. The average Bonchev–Trinajstić information content (AvgIpc) is 2.38. The normalized spacial score (nSPS) is 12.1. The molecule has 0 aliphatic rings. The maximum absolute atomic E-state index is 9.93. The first kappa shape index (κ1) is 12.1. The van der Waals surface area contributed by atoms with Crippen molar-refractivity contribution in [1.29, 1.82) is 0 Å². The Morgan fingerprint density at radius 2 is 1.65 bits per heavy atom. The molecule has 1 N–H and O–H groups in total. The first-order valence-electron chi connectivity index (χ1n) is 5.37. The summed E-state index contributed by atoms with van der Waals surface area (Å²) < 4.78 is 6.49. The number of aliphatic hydroxyl groups is 1. The van der Waals surface area contributed by atoms with E-state index in [-0.39, 0.29) is 6.61 Å². The molecule has 1 atom stereocenters. The van der Waals surface area contributed by atoms with Crippen molar-refractivity contribution < 1.29 is 9.84 Å². The van der Waals surface area contributed by atoms with E-state index >= 15 is 0 Å². The van der Waals surface area contributed by atoms with Crippen LogP contribution >= 0.6 is 15.9 Å². The molecule has 0 unspecified atom stereocenters. The van der Waals surface area contributed by atoms with Crippen LogP contribution in [0.4, 0.5) is 0 Å². The number of ether oxygens (including phenoxy) is 1. The molecule has 0 amide bonds. The van der Waals surface area contributed by atoms with Gasteiger partial charge in [-0.2, -0.15) is 0 Å². The summed E-state index contributed by atoms with van der Waals surface area (Å²) in [5, 5.41) is 9.93. The van der Waals surface area contributed by atoms with Crippen LogP contribution in [0.15, 0.2) is 59.1 Å². The van der Waals surface area contributed by atoms with Crippen molar-refractivity contribution >= 4 is 15.9 Å². The highest BCUT2D eigenvalue weighted by molar-refractivity contribution is 9.10. The number of hydrogen-bond acceptors (Lipinski definition) is 2. The van der Waals surface area contributed by atoms with Crippen molar-refractivity contribution in [2.24, 2.45) is 0 Å². The van der Waals surface area contributed by atoms with Crippen LogP contribution in [-0.4, -0.2) is 11.7 Å². The lowest BCUT2D eigenvalue weighted by Crippen LogP contribution is -2.09. The van der Waals surface area contributed by atoms with Crippen molar-refractivity contribution in [2.45, 2.75) is 6.10 Å². The summed E-state index contributed by atoms with van der Waals surface area (Å²) in [6.45, 7) is 0.256. The molecule has 0 aliphatic carbocycles. The molecule has 2 rings (SSSR count). The van der Waals surface area contributed by atoms with Crippen LogP contribution in [-0.2, 0) is 0 Å². The van der Waals surface area contributed by atoms with Gasteiger partial charge in [0.05, 0.1) is 0 Å². The van der Waals surface area contributed by atoms with Gasteiger partial charge in [-0.25, -0.2) is 0 Å². The predicted molar refractivity (Wildman–Crippen MR) is 71.0 cm³/mol. The van der Waals surface area contributed by atoms with Gasteiger partial charge < -0.3 is 9.84 Å². The van der Waals surface area contributed by atoms with Gasteiger partial charge in [0.15, 0.2) is 0 Å². The third-order valence-electron chi connectivity index (χ3n) is 2.41. The summed E-state index contributed by atoms with van der Waals surface area (Å²) in [7, 11) is 0. The van der Waals surface area contributed by atoms with Gasteiger partial charge >= 0.3 is 0 Å². The molecule has 2 nitrogen and oxygen atoms in total. The van der Waals surface area contributed by atoms with E-state index in [4.69, 9.17) is 4.74 Å². The zero-order valence-corrected chi connectivity index (χ0v) is 10.8. The number of benzene rings is 2. The zero-order valence-electron chi connectivity index (χ0n) is 9.21. The van der Waals surface area contributed by atoms with Crippen LogP contribution in [0.2, 0.25) is 0 Å². The van der Waals surface area contributed by atoms with Gasteiger partial charge in [-0.05, 0) is 29.8 Å². The molecule has 0 spiro atoms. The van der Waals surface area contributed by atoms with Crippen molar-refractivity contribution in [1.82, 2.24) is 0 Å². The Labute approximate surface area is 109 Å². The number of halogens is 1. The maximum atomic E-state index is 9.93. The molecule has 0 aromatic heterocycles. The molecule has 0 radical (unpaired) electrons. The highest BCUT2D eigenvalue weighted by atomic mass is 79.9. The van der Waals surface area contributed by atoms with Gasteiger partial charge in [-0.3, -0.25) is 0 Å². The highest BCUT2D eigenvalue weighted by Gasteiger charge is 2.07. The molecule has 0 bridgehead atoms. The molecule has 17 heavy (non-hydrogen) atoms. The topological polar surface area (TPSA) is 29.5 Å². The Morgan fingerprint density at radius 1 is 1.00 bits per heavy atom. The fraction of sp³-hybridized carbons (Fsp3) is 0.143. The quantitative estimate of drug-likeness (QED) is 0.934. The summed E-state index contributed by atoms with van der Waals surface area (Å²) in [5.74, 6) is 0.767. The van der Waals surface area contributed by atoms with Crippen molar-refractivity contribution in [2.75, 3.05) is 6.61 Å². The maximum Gasteiger partial charge on any atom is 0.119 e. The van der Waals surface area contributed by atoms with Crippen LogP contribution in [0.1, 0.15) is 11.7 Å². The van der Waals surface area contributed by atoms with Gasteiger partial charge in [0.25, 0.3) is 0 Å². The van der Waals surface area contributed by atoms with Gasteiger partial charge in [0, 0.05) is 4.47 Å². The third kappa shape index (κ3) is 3.58. The number of aliphatic hydroxyl groups excluding tert-OH is 1. The fourth-order valence-corrected chi connectivity index (χ4v) is 1.74. The molecule has 0 saturated heterocycles. The lowest BCUT2D eigenvalue weighted by Gasteiger charge is -2.12. The van der Waals surface area contributed by atoms with E-state index in [1.165, 1.54) is 0 Å². The summed E-state index contributed by atoms with van der Waals surface area (Å²) in [5.41, 5.74) is 0.851. The molecule has 0 saturated carbocycles. The summed E-state index contributed by atoms with van der Waals surface area (Å²) in [6.07, 6.45) is -0.608. The SMILES string of the molecule is O[C@H](COc1ccccc1)c1ccc(Br)cc1. The molecule has 0 fully saturated rings. The Kier molecular flexibility index (Phi) is 4.18. The molecule has 2 aromatic rings. The minimum absolute atomic E-state index is 0.256. The highest BCUT2D eigenvalue weighted by Crippen LogP contribution is 2.18. The summed E-state index contributed by atoms with van der Waals surface area (Å²) in [6, 6.07) is 17.0. The second kappa shape index (κ2) is 5.84. The van der Waals surface area contributed by atoms with Crippen LogP contribution in [0.25, 0.3) is 0 Å². The monoisotopic (exact) mass is 292 g/mol. The number of para-hydroxylation sites is 1. The van der Waals surface area contributed by atoms with E-state index in [2.05, 4.69) is 15.9 Å². The van der Waals surface area contributed by atoms with Gasteiger partial charge in [0.2, 0.25) is 0 Å². The predicted octanol–water partition coefficient (Wildman–Crippen LogP) is 3.56. The standard InChI is InChI=1S/C14H13BrO2/c15-12-8-6-11(7-9-12)14(16)10-17-13-4-2-1-3-5-13/h1-9,14,16H,10H2/t14-/m1/s1. The van der Waals surface area contributed by atoms with E-state index in [0.29, 0.717) is 0 Å². The van der Waals surface area contributed by atoms with Crippen LogP contribution in [0.5, 0.6) is 5.75 Å². The lowest BCUT2D eigenvalue weighted by atomic mass is 10.1. The third-order valence-corrected chi connectivity index (χ3v) is 2.93. The molecular weight excluding hydrogens is 280 g/mol. The van der Waals surface area contributed by atoms with Crippen LogP contribution < -0.4 is 4.74 Å². The zero-order chi connectivity index (χ0) is 12.1. The Hall–Kier alpha value is -1.32. The van der Waals surface area contributed by atoms with Crippen LogP contribution in [0, 0.1) is 0 Å². The van der Waals surface area contributed by atoms with Crippen molar-refractivity contribution in [3.63, 3.8) is 0 Å². The van der Waals surface area contributed by atoms with Gasteiger partial charge in [-0.1, -0.05) is 46.3 Å². The lowest BCUT2D eigenvalue weighted by molar-refractivity contribution is 0.108. The second-order valence-corrected chi connectivity index (χ2v) is 4.61. The van der Waals surface area contributed by atoms with E-state index < -0.39 is 6.10 Å². The van der Waals surface area contributed by atoms with E-state index in [1.54, 1.807) is 0 Å². The molecule has 88 valence electrons. The minimum atomic E-state index is -0.608. The largest absolute Gasteiger partial charge is 0.491 e. The second-order valence-electron chi connectivity index (χ2n) is 3.69. The molecule has 0 aliphatic heterocycles. The first-order chi connectivity index (χ1) is 8.25. The summed E-state index contributed by atoms with van der Waals surface area (Å²) in [4.78, 5) is 0. The fourth-order valence-electron chi connectivity index (χ4n) is 1.47. The molecule has 0 heterocycles. The van der Waals surface area contributed by atoms with E-state index in [9.17, 15) is 5.11 Å². The smallest absolute Gasteiger partial charge is 0.119 e. The molecule has 2 aromatic carbocycles. The average molecular weight is 293 g/mol. The van der Waals surface area contributed by atoms with Gasteiger partial charge in [-0.15, -0.1) is 0 Å². The van der Waals surface area contributed by atoms with E-state index in [0.717, 1.165) is 15.8 Å². The van der Waals surface area contributed by atoms with Crippen molar-refractivity contribution in [3.8, 4) is 5.75 Å².